The van der Waals surface area contributed by atoms with Gasteiger partial charge >= 0.3 is 0 Å². The lowest BCUT2D eigenvalue weighted by molar-refractivity contribution is 0.410. The molecular weight excluding hydrogens is 344 g/mol. The van der Waals surface area contributed by atoms with E-state index in [0.29, 0.717) is 28.8 Å². The smallest absolute Gasteiger partial charge is 0.189 e. The number of aromatic nitrogens is 2. The molecule has 6 heteroatoms. The molecule has 0 saturated carbocycles. The summed E-state index contributed by atoms with van der Waals surface area (Å²) >= 11 is 1.44. The molecule has 5 nitrogen and oxygen atoms in total. The van der Waals surface area contributed by atoms with Crippen molar-refractivity contribution < 1.29 is 4.74 Å². The number of para-hydroxylation sites is 1. The number of rotatable bonds is 6. The summed E-state index contributed by atoms with van der Waals surface area (Å²) in [6.07, 6.45) is 1.92. The van der Waals surface area contributed by atoms with Crippen LogP contribution in [0.5, 0.6) is 5.75 Å². The van der Waals surface area contributed by atoms with E-state index in [-0.39, 0.29) is 0 Å². The molecule has 0 unspecified atom stereocenters. The third-order valence-corrected chi connectivity index (χ3v) is 4.42. The van der Waals surface area contributed by atoms with E-state index < -0.39 is 0 Å². The van der Waals surface area contributed by atoms with Gasteiger partial charge in [-0.1, -0.05) is 60.3 Å². The highest BCUT2D eigenvalue weighted by Gasteiger charge is 2.16. The van der Waals surface area contributed by atoms with Gasteiger partial charge in [0.05, 0.1) is 12.8 Å². The largest absolute Gasteiger partial charge is 0.496 e. The zero-order valence-electron chi connectivity index (χ0n) is 14.6. The van der Waals surface area contributed by atoms with Gasteiger partial charge in [0.1, 0.15) is 23.2 Å². The Balaban J connectivity index is 2.00. The van der Waals surface area contributed by atoms with E-state index in [9.17, 15) is 5.26 Å². The van der Waals surface area contributed by atoms with Gasteiger partial charge in [-0.15, -0.1) is 0 Å². The van der Waals surface area contributed by atoms with Gasteiger partial charge in [-0.25, -0.2) is 9.97 Å². The van der Waals surface area contributed by atoms with Gasteiger partial charge in [-0.2, -0.15) is 5.26 Å². The molecule has 1 N–H and O–H groups in total. The van der Waals surface area contributed by atoms with E-state index in [1.54, 1.807) is 7.11 Å². The summed E-state index contributed by atoms with van der Waals surface area (Å²) in [6.45, 7) is 0.498. The lowest BCUT2D eigenvalue weighted by atomic mass is 10.1. The fourth-order valence-corrected chi connectivity index (χ4v) is 2.96. The predicted octanol–water partition coefficient (Wildman–Crippen LogP) is 4.36. The predicted molar refractivity (Wildman–Crippen MR) is 104 cm³/mol. The Kier molecular flexibility index (Phi) is 5.72. The van der Waals surface area contributed by atoms with Gasteiger partial charge < -0.3 is 10.1 Å². The molecule has 0 spiro atoms. The molecule has 0 atom stereocenters. The van der Waals surface area contributed by atoms with Crippen LogP contribution in [0, 0.1) is 11.3 Å². The number of nitrogens with zero attached hydrogens (tertiary/aromatic N) is 3. The van der Waals surface area contributed by atoms with E-state index in [4.69, 9.17) is 4.74 Å². The average Bonchev–Trinajstić information content (AvgIpc) is 2.72. The maximum absolute atomic E-state index is 9.72. The minimum Gasteiger partial charge on any atom is -0.496 e. The number of anilines is 1. The summed E-state index contributed by atoms with van der Waals surface area (Å²) in [5, 5.41) is 13.6. The van der Waals surface area contributed by atoms with Crippen molar-refractivity contribution in [2.24, 2.45) is 0 Å². The van der Waals surface area contributed by atoms with Crippen LogP contribution in [-0.2, 0) is 6.54 Å². The fraction of sp³-hybridized carbons (Fsp3) is 0.150. The molecule has 0 aliphatic rings. The second-order valence-corrected chi connectivity index (χ2v) is 6.20. The third-order valence-electron chi connectivity index (χ3n) is 3.87. The van der Waals surface area contributed by atoms with Crippen LogP contribution in [0.1, 0.15) is 11.1 Å². The average molecular weight is 362 g/mol. The molecule has 2 aromatic carbocycles. The topological polar surface area (TPSA) is 70.8 Å². The summed E-state index contributed by atoms with van der Waals surface area (Å²) in [7, 11) is 1.64. The highest BCUT2D eigenvalue weighted by Crippen LogP contribution is 2.29. The monoisotopic (exact) mass is 362 g/mol. The molecule has 1 aromatic heterocycles. The van der Waals surface area contributed by atoms with Crippen LogP contribution in [-0.4, -0.2) is 23.3 Å². The zero-order chi connectivity index (χ0) is 18.4. The molecule has 0 aliphatic carbocycles. The first kappa shape index (κ1) is 17.8. The van der Waals surface area contributed by atoms with Crippen molar-refractivity contribution in [1.82, 2.24) is 9.97 Å². The number of nitrogens with one attached hydrogen (secondary N) is 1. The Hall–Kier alpha value is -3.04. The van der Waals surface area contributed by atoms with Gasteiger partial charge in [0.15, 0.2) is 5.16 Å². The normalized spacial score (nSPS) is 10.2. The van der Waals surface area contributed by atoms with Crippen LogP contribution < -0.4 is 10.1 Å². The molecule has 0 saturated heterocycles. The molecule has 0 aliphatic heterocycles. The summed E-state index contributed by atoms with van der Waals surface area (Å²) in [5.41, 5.74) is 2.95. The van der Waals surface area contributed by atoms with Gasteiger partial charge in [0.25, 0.3) is 0 Å². The van der Waals surface area contributed by atoms with Crippen molar-refractivity contribution >= 4 is 17.6 Å². The minimum absolute atomic E-state index is 0.434. The maximum atomic E-state index is 9.72. The molecule has 3 aromatic rings. The molecule has 0 radical (unpaired) electrons. The first-order valence-corrected chi connectivity index (χ1v) is 9.26. The zero-order valence-corrected chi connectivity index (χ0v) is 15.4. The van der Waals surface area contributed by atoms with Crippen molar-refractivity contribution in [2.45, 2.75) is 11.7 Å². The molecule has 26 heavy (non-hydrogen) atoms. The molecule has 3 rings (SSSR count). The van der Waals surface area contributed by atoms with Gasteiger partial charge in [0.2, 0.25) is 0 Å². The van der Waals surface area contributed by atoms with Crippen LogP contribution in [0.15, 0.2) is 59.8 Å². The third kappa shape index (κ3) is 3.79. The van der Waals surface area contributed by atoms with Crippen LogP contribution >= 0.6 is 11.8 Å². The molecular formula is C20H18N4OS. The van der Waals surface area contributed by atoms with Gasteiger partial charge in [-0.05, 0) is 12.3 Å². The highest BCUT2D eigenvalue weighted by atomic mass is 32.2. The number of methoxy groups -OCH3 is 1. The van der Waals surface area contributed by atoms with E-state index in [1.165, 1.54) is 11.8 Å². The first-order valence-electron chi connectivity index (χ1n) is 8.04. The van der Waals surface area contributed by atoms with Gasteiger partial charge in [0, 0.05) is 17.7 Å². The van der Waals surface area contributed by atoms with E-state index >= 15 is 0 Å². The van der Waals surface area contributed by atoms with Crippen LogP contribution in [0.4, 0.5) is 5.82 Å². The minimum atomic E-state index is 0.434. The standard InChI is InChI=1S/C20H18N4OS/c1-25-17-11-7-6-10-15(17)13-22-19-16(12-21)18(23-20(24-19)26-2)14-8-4-3-5-9-14/h3-11H,13H2,1-2H3,(H,22,23,24). The van der Waals surface area contributed by atoms with Crippen LogP contribution in [0.25, 0.3) is 11.3 Å². The molecule has 0 amide bonds. The highest BCUT2D eigenvalue weighted by molar-refractivity contribution is 7.98. The second kappa shape index (κ2) is 8.37. The SMILES string of the molecule is COc1ccccc1CNc1nc(SC)nc(-c2ccccc2)c1C#N. The Bertz CT molecular complexity index is 938. The van der Waals surface area contributed by atoms with Gasteiger partial charge in [-0.3, -0.25) is 0 Å². The number of hydrogen-bond acceptors (Lipinski definition) is 6. The number of thioether (sulfide) groups is 1. The second-order valence-electron chi connectivity index (χ2n) is 5.43. The molecule has 1 heterocycles. The Morgan fingerprint density at radius 1 is 1.08 bits per heavy atom. The Labute approximate surface area is 157 Å². The summed E-state index contributed by atoms with van der Waals surface area (Å²) in [5.74, 6) is 1.32. The number of nitriles is 1. The van der Waals surface area contributed by atoms with E-state index in [0.717, 1.165) is 16.9 Å². The summed E-state index contributed by atoms with van der Waals surface area (Å²) in [6, 6.07) is 19.7. The molecule has 0 fully saturated rings. The maximum Gasteiger partial charge on any atom is 0.189 e. The van der Waals surface area contributed by atoms with E-state index in [2.05, 4.69) is 21.4 Å². The van der Waals surface area contributed by atoms with E-state index in [1.807, 2.05) is 60.9 Å². The number of benzene rings is 2. The molecule has 0 bridgehead atoms. The van der Waals surface area contributed by atoms with Crippen LogP contribution in [0.3, 0.4) is 0 Å². The lowest BCUT2D eigenvalue weighted by Crippen LogP contribution is -2.08. The summed E-state index contributed by atoms with van der Waals surface area (Å²) in [4.78, 5) is 9.04. The van der Waals surface area contributed by atoms with Crippen molar-refractivity contribution in [1.29, 1.82) is 5.26 Å². The number of hydrogen-bond donors (Lipinski definition) is 1. The molecule has 130 valence electrons. The van der Waals surface area contributed by atoms with Crippen LogP contribution in [0.2, 0.25) is 0 Å². The Morgan fingerprint density at radius 3 is 2.50 bits per heavy atom. The quantitative estimate of drug-likeness (QED) is 0.519. The van der Waals surface area contributed by atoms with Crippen molar-refractivity contribution in [3.05, 3.63) is 65.7 Å². The van der Waals surface area contributed by atoms with Crippen molar-refractivity contribution in [3.8, 4) is 23.1 Å². The van der Waals surface area contributed by atoms with Crippen molar-refractivity contribution in [2.75, 3.05) is 18.7 Å². The number of ether oxygens (including phenoxy) is 1. The van der Waals surface area contributed by atoms with Crippen molar-refractivity contribution in [3.63, 3.8) is 0 Å². The summed E-state index contributed by atoms with van der Waals surface area (Å²) < 4.78 is 5.39. The fourth-order valence-electron chi connectivity index (χ4n) is 2.60. The lowest BCUT2D eigenvalue weighted by Gasteiger charge is -2.13. The first-order chi connectivity index (χ1) is 12.8. The Morgan fingerprint density at radius 2 is 1.81 bits per heavy atom.